The second kappa shape index (κ2) is 11.3. The van der Waals surface area contributed by atoms with Crippen molar-refractivity contribution in [3.8, 4) is 5.75 Å². The van der Waals surface area contributed by atoms with Gasteiger partial charge in [0, 0.05) is 34.3 Å². The molecule has 1 fully saturated rings. The van der Waals surface area contributed by atoms with Gasteiger partial charge in [-0.1, -0.05) is 77.9 Å². The molecular weight excluding hydrogens is 584 g/mol. The van der Waals surface area contributed by atoms with E-state index >= 15 is 0 Å². The quantitative estimate of drug-likeness (QED) is 0.191. The Morgan fingerprint density at radius 1 is 1.00 bits per heavy atom. The molecule has 5 rings (SSSR count). The van der Waals surface area contributed by atoms with Gasteiger partial charge in [-0.25, -0.2) is 0 Å². The number of aryl methyl sites for hydroxylation is 1. The number of fused-ring (bicyclic) bond motifs is 3. The number of hydrogen-bond donors (Lipinski definition) is 4. The summed E-state index contributed by atoms with van der Waals surface area (Å²) in [6.45, 7) is 12.1. The molecule has 4 N–H and O–H groups in total. The lowest BCUT2D eigenvalue weighted by Gasteiger charge is -2.60. The number of rotatable bonds is 8. The fourth-order valence-electron chi connectivity index (χ4n) is 8.78. The van der Waals surface area contributed by atoms with E-state index in [0.717, 1.165) is 12.5 Å². The molecule has 2 aromatic rings. The van der Waals surface area contributed by atoms with Crippen LogP contribution in [0, 0.1) is 22.7 Å². The molecule has 0 saturated heterocycles. The van der Waals surface area contributed by atoms with Gasteiger partial charge in [0.2, 0.25) is 5.78 Å². The number of aromatic hydroxyl groups is 1. The summed E-state index contributed by atoms with van der Waals surface area (Å²) >= 11 is 0. The molecular formula is C38H44O8. The van der Waals surface area contributed by atoms with E-state index in [4.69, 9.17) is 0 Å². The Hall–Kier alpha value is -4.04. The summed E-state index contributed by atoms with van der Waals surface area (Å²) in [4.78, 5) is 53.6. The van der Waals surface area contributed by atoms with Crippen LogP contribution in [0.5, 0.6) is 5.75 Å². The number of benzene rings is 2. The molecule has 3 aliphatic carbocycles. The van der Waals surface area contributed by atoms with E-state index in [1.165, 1.54) is 0 Å². The van der Waals surface area contributed by atoms with Crippen molar-refractivity contribution in [1.82, 2.24) is 0 Å². The Morgan fingerprint density at radius 3 is 2.20 bits per heavy atom. The Balaban J connectivity index is 1.66. The zero-order chi connectivity index (χ0) is 34.1. The van der Waals surface area contributed by atoms with Crippen LogP contribution in [0.4, 0.5) is 0 Å². The van der Waals surface area contributed by atoms with Crippen LogP contribution in [0.3, 0.4) is 0 Å². The van der Waals surface area contributed by atoms with E-state index in [1.54, 1.807) is 52.0 Å². The van der Waals surface area contributed by atoms with Gasteiger partial charge in [0.1, 0.15) is 22.8 Å². The Bertz CT molecular complexity index is 1730. The van der Waals surface area contributed by atoms with Crippen LogP contribution in [0.25, 0.3) is 5.76 Å². The third-order valence-electron chi connectivity index (χ3n) is 10.7. The van der Waals surface area contributed by atoms with E-state index < -0.39 is 56.8 Å². The average Bonchev–Trinajstić information content (AvgIpc) is 2.95. The van der Waals surface area contributed by atoms with Gasteiger partial charge in [-0.3, -0.25) is 19.2 Å². The maximum absolute atomic E-state index is 14.6. The van der Waals surface area contributed by atoms with Crippen LogP contribution in [-0.4, -0.2) is 49.2 Å². The molecule has 244 valence electrons. The minimum atomic E-state index is -2.65. The van der Waals surface area contributed by atoms with Gasteiger partial charge in [-0.2, -0.15) is 0 Å². The number of hydrogen-bond acceptors (Lipinski definition) is 8. The maximum Gasteiger partial charge on any atom is 0.203 e. The van der Waals surface area contributed by atoms with E-state index in [-0.39, 0.29) is 53.8 Å². The first-order chi connectivity index (χ1) is 21.4. The fourth-order valence-corrected chi connectivity index (χ4v) is 8.78. The third-order valence-corrected chi connectivity index (χ3v) is 10.7. The number of carbonyl (C=O) groups excluding carboxylic acids is 4. The number of allylic oxidation sites excluding steroid dienone is 1. The van der Waals surface area contributed by atoms with Crippen LogP contribution in [0.1, 0.15) is 106 Å². The molecule has 2 aromatic carbocycles. The lowest BCUT2D eigenvalue weighted by Crippen LogP contribution is -2.69. The standard InChI is InChI=1S/C38H44O8/c1-19(2)24-16-23(14-11-15-26(40)22-12-9-8-10-13-22)31(41)28-25(24)17-36(6)18-37(7)29(20(3)4)32(42)27(21(5)39)34(44)38(37,46)35(45)30(36)33(28)43/h8-10,12-13,16,19-20,29,41,43-44,46H,11,14-15,17-18H2,1-7H3/t29?,36-,37-,38+/m1/s1. The number of Topliss-reactive ketones (excluding diaryl/α,β-unsaturated/α-hetero) is 4. The van der Waals surface area contributed by atoms with Crippen LogP contribution >= 0.6 is 0 Å². The minimum absolute atomic E-state index is 0.0181. The third kappa shape index (κ3) is 4.67. The molecule has 0 heterocycles. The second-order valence-electron chi connectivity index (χ2n) is 14.6. The molecule has 0 spiro atoms. The molecule has 0 aliphatic heterocycles. The van der Waals surface area contributed by atoms with Crippen LogP contribution < -0.4 is 0 Å². The average molecular weight is 629 g/mol. The van der Waals surface area contributed by atoms with Crippen molar-refractivity contribution in [2.45, 2.75) is 92.1 Å². The molecule has 3 aliphatic rings. The molecule has 46 heavy (non-hydrogen) atoms. The summed E-state index contributed by atoms with van der Waals surface area (Å²) in [6, 6.07) is 10.9. The topological polar surface area (TPSA) is 149 Å². The van der Waals surface area contributed by atoms with Gasteiger partial charge in [-0.05, 0) is 61.1 Å². The largest absolute Gasteiger partial charge is 0.508 e. The molecule has 0 amide bonds. The van der Waals surface area contributed by atoms with Gasteiger partial charge in [0.15, 0.2) is 23.0 Å². The van der Waals surface area contributed by atoms with E-state index in [0.29, 0.717) is 29.5 Å². The molecule has 8 heteroatoms. The van der Waals surface area contributed by atoms with Gasteiger partial charge in [0.25, 0.3) is 0 Å². The zero-order valence-electron chi connectivity index (χ0n) is 27.7. The van der Waals surface area contributed by atoms with Crippen LogP contribution in [0.15, 0.2) is 53.3 Å². The zero-order valence-corrected chi connectivity index (χ0v) is 27.7. The van der Waals surface area contributed by atoms with Gasteiger partial charge < -0.3 is 20.4 Å². The normalized spacial score (nSPS) is 27.6. The first-order valence-corrected chi connectivity index (χ1v) is 16.1. The predicted octanol–water partition coefficient (Wildman–Crippen LogP) is 6.52. The molecule has 1 saturated carbocycles. The lowest BCUT2D eigenvalue weighted by molar-refractivity contribution is -0.178. The van der Waals surface area contributed by atoms with Crippen LogP contribution in [-0.2, 0) is 27.2 Å². The number of carbonyl (C=O) groups is 4. The minimum Gasteiger partial charge on any atom is -0.508 e. The highest BCUT2D eigenvalue weighted by molar-refractivity contribution is 6.24. The maximum atomic E-state index is 14.6. The van der Waals surface area contributed by atoms with Gasteiger partial charge >= 0.3 is 0 Å². The van der Waals surface area contributed by atoms with Crippen molar-refractivity contribution in [1.29, 1.82) is 0 Å². The Morgan fingerprint density at radius 2 is 1.63 bits per heavy atom. The molecule has 8 nitrogen and oxygen atoms in total. The summed E-state index contributed by atoms with van der Waals surface area (Å²) in [6.07, 6.45) is 1.33. The summed E-state index contributed by atoms with van der Waals surface area (Å²) in [5, 5.41) is 47.2. The first-order valence-electron chi connectivity index (χ1n) is 16.1. The van der Waals surface area contributed by atoms with Crippen molar-refractivity contribution in [3.63, 3.8) is 0 Å². The highest BCUT2D eigenvalue weighted by Gasteiger charge is 2.72. The summed E-state index contributed by atoms with van der Waals surface area (Å²) in [5.41, 5.74) is -3.17. The van der Waals surface area contributed by atoms with E-state index in [1.807, 2.05) is 26.0 Å². The fraction of sp³-hybridized carbons (Fsp3) is 0.474. The molecule has 0 bridgehead atoms. The lowest BCUT2D eigenvalue weighted by atomic mass is 9.43. The van der Waals surface area contributed by atoms with Crippen molar-refractivity contribution >= 4 is 28.9 Å². The van der Waals surface area contributed by atoms with Gasteiger partial charge in [-0.15, -0.1) is 0 Å². The molecule has 4 atom stereocenters. The number of phenols is 1. The molecule has 1 unspecified atom stereocenters. The molecule has 0 aromatic heterocycles. The number of ketones is 4. The summed E-state index contributed by atoms with van der Waals surface area (Å²) in [7, 11) is 0. The van der Waals surface area contributed by atoms with Crippen molar-refractivity contribution in [2.75, 3.05) is 0 Å². The number of aliphatic hydroxyl groups is 3. The van der Waals surface area contributed by atoms with Gasteiger partial charge in [0.05, 0.1) is 5.56 Å². The summed E-state index contributed by atoms with van der Waals surface area (Å²) < 4.78 is 0. The predicted molar refractivity (Wildman–Crippen MR) is 174 cm³/mol. The first kappa shape index (κ1) is 33.3. The van der Waals surface area contributed by atoms with Crippen molar-refractivity contribution in [2.24, 2.45) is 22.7 Å². The number of aliphatic hydroxyl groups excluding tert-OH is 2. The summed E-state index contributed by atoms with van der Waals surface area (Å²) in [5.74, 6) is -5.39. The van der Waals surface area contributed by atoms with Crippen molar-refractivity contribution in [3.05, 3.63) is 81.1 Å². The van der Waals surface area contributed by atoms with Crippen LogP contribution in [0.2, 0.25) is 0 Å². The smallest absolute Gasteiger partial charge is 0.203 e. The monoisotopic (exact) mass is 628 g/mol. The Labute approximate surface area is 269 Å². The van der Waals surface area contributed by atoms with E-state index in [9.17, 15) is 39.6 Å². The van der Waals surface area contributed by atoms with Crippen molar-refractivity contribution < 1.29 is 39.6 Å². The Kier molecular flexibility index (Phi) is 8.21. The highest BCUT2D eigenvalue weighted by Crippen LogP contribution is 2.65. The van der Waals surface area contributed by atoms with E-state index in [2.05, 4.69) is 0 Å². The number of phenolic OH excluding ortho intramolecular Hbond substituents is 1. The highest BCUT2D eigenvalue weighted by atomic mass is 16.3. The second-order valence-corrected chi connectivity index (χ2v) is 14.6. The molecule has 0 radical (unpaired) electrons. The SMILES string of the molecule is CC(=O)C1=C(O)[C@]2(O)C(=O)C3=C(O)c4c(O)c(CCCC(=O)c5ccccc5)cc(C(C)C)c4C[C@]3(C)C[C@]2(C)C(C(C)C)C1=O.